The lowest BCUT2D eigenvalue weighted by atomic mass is 10.1. The van der Waals surface area contributed by atoms with Gasteiger partial charge in [0.15, 0.2) is 0 Å². The molecule has 0 spiro atoms. The Balaban J connectivity index is 2.88. The lowest BCUT2D eigenvalue weighted by Crippen LogP contribution is -1.90. The highest BCUT2D eigenvalue weighted by molar-refractivity contribution is 6.35. The van der Waals surface area contributed by atoms with E-state index in [1.54, 1.807) is 24.9 Å². The lowest BCUT2D eigenvalue weighted by molar-refractivity contribution is 0.597. The van der Waals surface area contributed by atoms with Crippen LogP contribution in [0.25, 0.3) is 0 Å². The summed E-state index contributed by atoms with van der Waals surface area (Å²) in [4.78, 5) is 0. The number of hydrogen-bond acceptors (Lipinski definition) is 0. The van der Waals surface area contributed by atoms with Crippen LogP contribution in [0, 0.1) is 0 Å². The molecule has 19 heavy (non-hydrogen) atoms. The van der Waals surface area contributed by atoms with Gasteiger partial charge in [-0.1, -0.05) is 116 Å². The van der Waals surface area contributed by atoms with Crippen molar-refractivity contribution in [2.75, 3.05) is 0 Å². The Kier molecular flexibility index (Phi) is 18.4. The molecule has 0 unspecified atom stereocenters. The van der Waals surface area contributed by atoms with E-state index in [1.165, 1.54) is 77.0 Å². The van der Waals surface area contributed by atoms with Crippen molar-refractivity contribution in [1.29, 1.82) is 0 Å². The van der Waals surface area contributed by atoms with Crippen LogP contribution in [0.5, 0.6) is 0 Å². The van der Waals surface area contributed by atoms with E-state index in [4.69, 9.17) is 0 Å². The summed E-state index contributed by atoms with van der Waals surface area (Å²) in [6.45, 7) is 4.60. The van der Waals surface area contributed by atoms with Crippen LogP contribution < -0.4 is 0 Å². The quantitative estimate of drug-likeness (QED) is 0.224. The molecule has 0 aliphatic rings. The summed E-state index contributed by atoms with van der Waals surface area (Å²) >= 11 is 0. The predicted octanol–water partition coefficient (Wildman–Crippen LogP) is 6.49. The fourth-order valence-electron chi connectivity index (χ4n) is 2.80. The fraction of sp³-hybridized carbons (Fsp3) is 1.00. The molecule has 116 valence electrons. The molecule has 1 heteroatoms. The van der Waals surface area contributed by atoms with Gasteiger partial charge in [-0.2, -0.15) is 0 Å². The Morgan fingerprint density at radius 3 is 1.11 bits per heavy atom. The van der Waals surface area contributed by atoms with Crippen molar-refractivity contribution in [1.82, 2.24) is 0 Å². The molecule has 0 atom stereocenters. The van der Waals surface area contributed by atoms with E-state index in [9.17, 15) is 0 Å². The maximum Gasteiger partial charge on any atom is 0.0197 e. The molecule has 0 aromatic heterocycles. The van der Waals surface area contributed by atoms with Gasteiger partial charge in [0.1, 0.15) is 0 Å². The molecule has 0 heterocycles. The van der Waals surface area contributed by atoms with Crippen LogP contribution in [-0.2, 0) is 0 Å². The van der Waals surface area contributed by atoms with Crippen molar-refractivity contribution in [3.05, 3.63) is 0 Å². The first-order chi connectivity index (χ1) is 9.41. The van der Waals surface area contributed by atoms with Gasteiger partial charge in [0.05, 0.1) is 0 Å². The molecule has 0 aliphatic heterocycles. The second-order valence-corrected chi connectivity index (χ2v) is 8.42. The van der Waals surface area contributed by atoms with Crippen molar-refractivity contribution in [2.24, 2.45) is 0 Å². The summed E-state index contributed by atoms with van der Waals surface area (Å²) in [6, 6.07) is 3.26. The zero-order valence-corrected chi connectivity index (χ0v) is 15.4. The molecule has 0 nitrogen and oxygen atoms in total. The first-order valence-electron chi connectivity index (χ1n) is 9.41. The number of rotatable bonds is 16. The van der Waals surface area contributed by atoms with Gasteiger partial charge in [0.25, 0.3) is 0 Å². The summed E-state index contributed by atoms with van der Waals surface area (Å²) in [5, 5.41) is 0. The van der Waals surface area contributed by atoms with Crippen molar-refractivity contribution >= 4 is 9.52 Å². The molecular weight excluding hydrogens is 244 g/mol. The summed E-state index contributed by atoms with van der Waals surface area (Å²) in [6.07, 6.45) is 20.8. The van der Waals surface area contributed by atoms with Crippen LogP contribution in [0.1, 0.15) is 104 Å². The van der Waals surface area contributed by atoms with Crippen molar-refractivity contribution in [2.45, 2.75) is 116 Å². The third kappa shape index (κ3) is 18.2. The maximum absolute atomic E-state index is 2.30. The van der Waals surface area contributed by atoms with E-state index in [2.05, 4.69) is 13.8 Å². The van der Waals surface area contributed by atoms with Gasteiger partial charge in [-0.25, -0.2) is 0 Å². The fourth-order valence-corrected chi connectivity index (χ4v) is 4.57. The highest BCUT2D eigenvalue weighted by Crippen LogP contribution is 2.11. The lowest BCUT2D eigenvalue weighted by Gasteiger charge is -2.02. The summed E-state index contributed by atoms with van der Waals surface area (Å²) < 4.78 is 0. The average molecular weight is 285 g/mol. The molecule has 0 rings (SSSR count). The van der Waals surface area contributed by atoms with Gasteiger partial charge in [0.2, 0.25) is 0 Å². The second-order valence-electron chi connectivity index (χ2n) is 6.30. The van der Waals surface area contributed by atoms with Gasteiger partial charge >= 0.3 is 0 Å². The maximum atomic E-state index is 2.30. The van der Waals surface area contributed by atoms with E-state index in [0.717, 1.165) is 0 Å². The number of unbranched alkanes of at least 4 members (excludes halogenated alkanes) is 12. The van der Waals surface area contributed by atoms with E-state index in [1.807, 2.05) is 0 Å². The molecule has 0 aliphatic carbocycles. The van der Waals surface area contributed by atoms with Crippen LogP contribution in [-0.4, -0.2) is 9.52 Å². The Hall–Kier alpha value is 0.217. The first kappa shape index (κ1) is 19.2. The Labute approximate surface area is 126 Å². The van der Waals surface area contributed by atoms with Crippen molar-refractivity contribution < 1.29 is 0 Å². The SMILES string of the molecule is CCCCCCCCC[SiH2]CCCCCCCCC. The van der Waals surface area contributed by atoms with Crippen LogP contribution >= 0.6 is 0 Å². The molecule has 0 saturated heterocycles. The zero-order valence-electron chi connectivity index (χ0n) is 14.0. The van der Waals surface area contributed by atoms with E-state index >= 15 is 0 Å². The summed E-state index contributed by atoms with van der Waals surface area (Å²) in [7, 11) is 0.324. The second kappa shape index (κ2) is 18.2. The number of hydrogen-bond donors (Lipinski definition) is 0. The summed E-state index contributed by atoms with van der Waals surface area (Å²) in [5.41, 5.74) is 0. The minimum Gasteiger partial charge on any atom is -0.0654 e. The van der Waals surface area contributed by atoms with Gasteiger partial charge < -0.3 is 0 Å². The standard InChI is InChI=1S/C18H40Si/c1-3-5-7-9-11-13-15-17-19-18-16-14-12-10-8-6-4-2/h3-19H2,1-2H3. The first-order valence-corrected chi connectivity index (χ1v) is 11.4. The molecule has 0 fully saturated rings. The highest BCUT2D eigenvalue weighted by Gasteiger charge is 1.94. The largest absolute Gasteiger partial charge is 0.0654 e. The molecule has 0 amide bonds. The van der Waals surface area contributed by atoms with Crippen LogP contribution in [0.3, 0.4) is 0 Å². The molecule has 0 radical (unpaired) electrons. The molecule has 0 aromatic rings. The normalized spacial score (nSPS) is 11.1. The molecule has 0 bridgehead atoms. The van der Waals surface area contributed by atoms with E-state index in [0.29, 0.717) is 9.52 Å². The average Bonchev–Trinajstić information content (AvgIpc) is 2.43. The topological polar surface area (TPSA) is 0 Å². The molecular formula is C18H40Si. The molecule has 0 saturated carbocycles. The third-order valence-corrected chi connectivity index (χ3v) is 6.21. The highest BCUT2D eigenvalue weighted by atomic mass is 28.2. The summed E-state index contributed by atoms with van der Waals surface area (Å²) in [5.74, 6) is 0. The Bertz CT molecular complexity index is 129. The minimum absolute atomic E-state index is 0.324. The Morgan fingerprint density at radius 2 is 0.737 bits per heavy atom. The Morgan fingerprint density at radius 1 is 0.421 bits per heavy atom. The van der Waals surface area contributed by atoms with E-state index < -0.39 is 0 Å². The monoisotopic (exact) mass is 284 g/mol. The van der Waals surface area contributed by atoms with E-state index in [-0.39, 0.29) is 0 Å². The van der Waals surface area contributed by atoms with Crippen molar-refractivity contribution in [3.8, 4) is 0 Å². The van der Waals surface area contributed by atoms with Gasteiger partial charge in [0, 0.05) is 9.52 Å². The van der Waals surface area contributed by atoms with Crippen molar-refractivity contribution in [3.63, 3.8) is 0 Å². The predicted molar refractivity (Wildman–Crippen MR) is 94.1 cm³/mol. The molecule has 0 aromatic carbocycles. The zero-order chi connectivity index (χ0) is 14.0. The smallest absolute Gasteiger partial charge is 0.0197 e. The van der Waals surface area contributed by atoms with Gasteiger partial charge in [-0.3, -0.25) is 0 Å². The van der Waals surface area contributed by atoms with Crippen LogP contribution in [0.2, 0.25) is 12.1 Å². The minimum atomic E-state index is 0.324. The molecule has 0 N–H and O–H groups in total. The van der Waals surface area contributed by atoms with Crippen LogP contribution in [0.4, 0.5) is 0 Å². The third-order valence-electron chi connectivity index (χ3n) is 4.21. The van der Waals surface area contributed by atoms with Gasteiger partial charge in [-0.05, 0) is 0 Å². The van der Waals surface area contributed by atoms with Gasteiger partial charge in [-0.15, -0.1) is 0 Å². The van der Waals surface area contributed by atoms with Crippen LogP contribution in [0.15, 0.2) is 0 Å².